The number of nitrogens with one attached hydrogen (secondary N) is 3. The third-order valence-electron chi connectivity index (χ3n) is 4.27. The molecule has 0 radical (unpaired) electrons. The summed E-state index contributed by atoms with van der Waals surface area (Å²) in [6, 6.07) is 7.76. The minimum atomic E-state index is -0.225. The number of nitrogens with two attached hydrogens (primary N) is 1. The Kier molecular flexibility index (Phi) is 5.56. The second-order valence-corrected chi connectivity index (χ2v) is 5.96. The highest BCUT2D eigenvalue weighted by molar-refractivity contribution is 6.10. The lowest BCUT2D eigenvalue weighted by atomic mass is 10.0. The lowest BCUT2D eigenvalue weighted by molar-refractivity contribution is -0.111. The van der Waals surface area contributed by atoms with Crippen molar-refractivity contribution in [3.8, 4) is 0 Å². The van der Waals surface area contributed by atoms with Crippen LogP contribution in [0.1, 0.15) is 22.3 Å². The fourth-order valence-electron chi connectivity index (χ4n) is 2.93. The van der Waals surface area contributed by atoms with Crippen LogP contribution in [0.4, 0.5) is 5.69 Å². The molecule has 0 saturated heterocycles. The molecule has 1 aromatic heterocycles. The first-order valence-electron chi connectivity index (χ1n) is 8.39. The van der Waals surface area contributed by atoms with E-state index in [1.807, 2.05) is 12.1 Å². The zero-order valence-corrected chi connectivity index (χ0v) is 14.3. The van der Waals surface area contributed by atoms with Crippen LogP contribution in [0.2, 0.25) is 0 Å². The fourth-order valence-corrected chi connectivity index (χ4v) is 2.93. The van der Waals surface area contributed by atoms with Crippen LogP contribution in [0.5, 0.6) is 0 Å². The van der Waals surface area contributed by atoms with Crippen LogP contribution >= 0.6 is 0 Å². The molecule has 0 unspecified atom stereocenters. The van der Waals surface area contributed by atoms with Crippen molar-refractivity contribution in [3.05, 3.63) is 71.2 Å². The van der Waals surface area contributed by atoms with Crippen molar-refractivity contribution in [2.45, 2.75) is 13.0 Å². The molecule has 3 rings (SSSR count). The van der Waals surface area contributed by atoms with Crippen molar-refractivity contribution in [2.75, 3.05) is 11.9 Å². The molecule has 2 aromatic rings. The van der Waals surface area contributed by atoms with E-state index >= 15 is 0 Å². The molecule has 2 heterocycles. The molecule has 0 atom stereocenters. The summed E-state index contributed by atoms with van der Waals surface area (Å²) < 4.78 is 0. The lowest BCUT2D eigenvalue weighted by Gasteiger charge is -2.17. The molecule has 0 spiro atoms. The molecular formula is C20H21N5O. The molecule has 0 saturated carbocycles. The van der Waals surface area contributed by atoms with E-state index in [0.29, 0.717) is 5.57 Å². The van der Waals surface area contributed by atoms with Gasteiger partial charge in [0.15, 0.2) is 0 Å². The molecule has 5 N–H and O–H groups in total. The number of allylic oxidation sites excluding steroid dienone is 1. The van der Waals surface area contributed by atoms with E-state index in [-0.39, 0.29) is 5.91 Å². The SMILES string of the molecule is N=CC(=CN)c1ccncc1/C=C/C(=O)Nc1ccc2c(c1)CNCC2. The Balaban J connectivity index is 1.74. The van der Waals surface area contributed by atoms with Gasteiger partial charge in [-0.2, -0.15) is 0 Å². The van der Waals surface area contributed by atoms with E-state index in [4.69, 9.17) is 11.1 Å². The van der Waals surface area contributed by atoms with Gasteiger partial charge in [-0.1, -0.05) is 6.07 Å². The molecule has 26 heavy (non-hydrogen) atoms. The van der Waals surface area contributed by atoms with Gasteiger partial charge in [0.05, 0.1) is 0 Å². The predicted octanol–water partition coefficient (Wildman–Crippen LogP) is 2.33. The highest BCUT2D eigenvalue weighted by atomic mass is 16.1. The van der Waals surface area contributed by atoms with Crippen molar-refractivity contribution in [1.29, 1.82) is 5.41 Å². The van der Waals surface area contributed by atoms with Crippen molar-refractivity contribution in [1.82, 2.24) is 10.3 Å². The second-order valence-electron chi connectivity index (χ2n) is 5.96. The fraction of sp³-hybridized carbons (Fsp3) is 0.150. The van der Waals surface area contributed by atoms with E-state index in [9.17, 15) is 4.79 Å². The van der Waals surface area contributed by atoms with Crippen LogP contribution in [0.25, 0.3) is 11.6 Å². The van der Waals surface area contributed by atoms with Gasteiger partial charge >= 0.3 is 0 Å². The zero-order chi connectivity index (χ0) is 18.4. The number of nitrogens with zero attached hydrogens (tertiary/aromatic N) is 1. The third kappa shape index (κ3) is 4.04. The maximum atomic E-state index is 12.3. The number of carbonyl (C=O) groups is 1. The molecule has 1 aliphatic rings. The summed E-state index contributed by atoms with van der Waals surface area (Å²) in [6.45, 7) is 1.82. The van der Waals surface area contributed by atoms with Crippen molar-refractivity contribution in [2.24, 2.45) is 5.73 Å². The van der Waals surface area contributed by atoms with Crippen LogP contribution in [-0.2, 0) is 17.8 Å². The Morgan fingerprint density at radius 1 is 1.31 bits per heavy atom. The van der Waals surface area contributed by atoms with Crippen LogP contribution < -0.4 is 16.4 Å². The van der Waals surface area contributed by atoms with Gasteiger partial charge in [-0.25, -0.2) is 0 Å². The highest BCUT2D eigenvalue weighted by Crippen LogP contribution is 2.20. The number of fused-ring (bicyclic) bond motifs is 1. The van der Waals surface area contributed by atoms with Gasteiger partial charge in [-0.15, -0.1) is 0 Å². The summed E-state index contributed by atoms with van der Waals surface area (Å²) in [5.74, 6) is -0.225. The minimum Gasteiger partial charge on any atom is -0.404 e. The van der Waals surface area contributed by atoms with Gasteiger partial charge < -0.3 is 21.8 Å². The minimum absolute atomic E-state index is 0.225. The monoisotopic (exact) mass is 347 g/mol. The summed E-state index contributed by atoms with van der Waals surface area (Å²) in [5.41, 5.74) is 10.9. The number of hydrogen-bond acceptors (Lipinski definition) is 5. The van der Waals surface area contributed by atoms with E-state index in [0.717, 1.165) is 36.3 Å². The number of anilines is 1. The first kappa shape index (κ1) is 17.6. The first-order chi connectivity index (χ1) is 12.7. The molecule has 6 nitrogen and oxygen atoms in total. The molecule has 0 fully saturated rings. The number of hydrogen-bond donors (Lipinski definition) is 4. The summed E-state index contributed by atoms with van der Waals surface area (Å²) >= 11 is 0. The van der Waals surface area contributed by atoms with Gasteiger partial charge in [0.25, 0.3) is 0 Å². The molecule has 132 valence electrons. The standard InChI is InChI=1S/C20H21N5O/c21-10-17(11-22)19-6-8-24-12-15(19)2-4-20(26)25-18-3-1-14-5-7-23-13-16(14)9-18/h1-4,6,8-12,21,23H,5,7,13,22H2,(H,25,26)/b4-2+,17-11?,21-10?. The average Bonchev–Trinajstić information content (AvgIpc) is 2.68. The maximum absolute atomic E-state index is 12.3. The summed E-state index contributed by atoms with van der Waals surface area (Å²) in [6.07, 6.45) is 9.94. The number of benzene rings is 1. The van der Waals surface area contributed by atoms with Crippen LogP contribution in [0, 0.1) is 5.41 Å². The van der Waals surface area contributed by atoms with Gasteiger partial charge in [0.1, 0.15) is 0 Å². The van der Waals surface area contributed by atoms with Crippen molar-refractivity contribution < 1.29 is 4.79 Å². The quantitative estimate of drug-likeness (QED) is 0.492. The molecule has 0 bridgehead atoms. The summed E-state index contributed by atoms with van der Waals surface area (Å²) in [5, 5.41) is 13.6. The van der Waals surface area contributed by atoms with Crippen molar-refractivity contribution in [3.63, 3.8) is 0 Å². The average molecular weight is 347 g/mol. The molecule has 1 amide bonds. The smallest absolute Gasteiger partial charge is 0.248 e. The largest absolute Gasteiger partial charge is 0.404 e. The molecule has 1 aliphatic heterocycles. The number of carbonyl (C=O) groups excluding carboxylic acids is 1. The van der Waals surface area contributed by atoms with E-state index < -0.39 is 0 Å². The zero-order valence-electron chi connectivity index (χ0n) is 14.3. The van der Waals surface area contributed by atoms with Gasteiger partial charge in [0.2, 0.25) is 5.91 Å². The Labute approximate surface area is 152 Å². The lowest BCUT2D eigenvalue weighted by Crippen LogP contribution is -2.23. The van der Waals surface area contributed by atoms with E-state index in [1.54, 1.807) is 24.5 Å². The Morgan fingerprint density at radius 2 is 2.19 bits per heavy atom. The van der Waals surface area contributed by atoms with E-state index in [2.05, 4.69) is 21.7 Å². The van der Waals surface area contributed by atoms with E-state index in [1.165, 1.54) is 29.6 Å². The molecule has 6 heteroatoms. The summed E-state index contributed by atoms with van der Waals surface area (Å²) in [7, 11) is 0. The predicted molar refractivity (Wildman–Crippen MR) is 105 cm³/mol. The van der Waals surface area contributed by atoms with Crippen LogP contribution in [-0.4, -0.2) is 23.7 Å². The van der Waals surface area contributed by atoms with Crippen LogP contribution in [0.15, 0.2) is 48.9 Å². The second kappa shape index (κ2) is 8.22. The number of amides is 1. The van der Waals surface area contributed by atoms with Crippen LogP contribution in [0.3, 0.4) is 0 Å². The maximum Gasteiger partial charge on any atom is 0.248 e. The number of pyridine rings is 1. The molecular weight excluding hydrogens is 326 g/mol. The number of rotatable bonds is 5. The third-order valence-corrected chi connectivity index (χ3v) is 4.27. The van der Waals surface area contributed by atoms with Gasteiger partial charge in [-0.3, -0.25) is 9.78 Å². The summed E-state index contributed by atoms with van der Waals surface area (Å²) in [4.78, 5) is 16.3. The Hall–Kier alpha value is -3.25. The van der Waals surface area contributed by atoms with Gasteiger partial charge in [0, 0.05) is 54.3 Å². The topological polar surface area (TPSA) is 104 Å². The number of aromatic nitrogens is 1. The molecule has 0 aliphatic carbocycles. The first-order valence-corrected chi connectivity index (χ1v) is 8.39. The highest BCUT2D eigenvalue weighted by Gasteiger charge is 2.09. The van der Waals surface area contributed by atoms with Gasteiger partial charge in [-0.05, 0) is 53.9 Å². The Morgan fingerprint density at radius 3 is 3.00 bits per heavy atom. The Bertz CT molecular complexity index is 886. The molecule has 1 aromatic carbocycles. The normalized spacial score (nSPS) is 14.1. The van der Waals surface area contributed by atoms with Crippen molar-refractivity contribution >= 4 is 29.5 Å².